The number of carbonyl (C=O) groups excluding carboxylic acids is 1. The van der Waals surface area contributed by atoms with Crippen molar-refractivity contribution in [2.24, 2.45) is 0 Å². The average Bonchev–Trinajstić information content (AvgIpc) is 3.43. The molecule has 4 aromatic rings. The van der Waals surface area contributed by atoms with Gasteiger partial charge in [0.2, 0.25) is 0 Å². The van der Waals surface area contributed by atoms with Crippen molar-refractivity contribution in [3.8, 4) is 5.75 Å². The summed E-state index contributed by atoms with van der Waals surface area (Å²) >= 11 is 0. The summed E-state index contributed by atoms with van der Waals surface area (Å²) in [6.45, 7) is 1.33. The number of aromatic nitrogens is 3. The van der Waals surface area contributed by atoms with Gasteiger partial charge in [-0.05, 0) is 42.7 Å². The number of para-hydroxylation sites is 2. The molecule has 1 fully saturated rings. The van der Waals surface area contributed by atoms with E-state index in [1.807, 2.05) is 48.5 Å². The first-order chi connectivity index (χ1) is 15.6. The second-order valence-electron chi connectivity index (χ2n) is 7.81. The Morgan fingerprint density at radius 1 is 1.16 bits per heavy atom. The smallest absolute Gasteiger partial charge is 0.344 e. The molecule has 3 heterocycles. The van der Waals surface area contributed by atoms with Crippen molar-refractivity contribution in [2.75, 3.05) is 26.1 Å². The number of hydrogen-bond donors (Lipinski definition) is 1. The van der Waals surface area contributed by atoms with Crippen molar-refractivity contribution in [3.63, 3.8) is 0 Å². The fourth-order valence-electron chi connectivity index (χ4n) is 4.01. The molecule has 2 N–H and O–H groups in total. The second kappa shape index (κ2) is 8.47. The molecule has 0 radical (unpaired) electrons. The van der Waals surface area contributed by atoms with Crippen LogP contribution in [0.2, 0.25) is 0 Å². The molecular formula is C24H24N4O4. The van der Waals surface area contributed by atoms with Crippen molar-refractivity contribution >= 4 is 34.0 Å². The van der Waals surface area contributed by atoms with Gasteiger partial charge in [0.05, 0.1) is 30.8 Å². The zero-order valence-electron chi connectivity index (χ0n) is 17.8. The Balaban J connectivity index is 1.57. The predicted molar refractivity (Wildman–Crippen MR) is 121 cm³/mol. The number of fused-ring (bicyclic) bond motifs is 2. The van der Waals surface area contributed by atoms with Gasteiger partial charge in [-0.25, -0.2) is 14.8 Å². The van der Waals surface area contributed by atoms with E-state index in [1.165, 1.54) is 0 Å². The third-order valence-electron chi connectivity index (χ3n) is 5.72. The number of carbonyl (C=O) groups is 1. The number of anilines is 1. The molecule has 1 aliphatic rings. The monoisotopic (exact) mass is 432 g/mol. The molecular weight excluding hydrogens is 408 g/mol. The Hall–Kier alpha value is -3.65. The highest BCUT2D eigenvalue weighted by molar-refractivity contribution is 6.08. The Kier molecular flexibility index (Phi) is 5.36. The minimum absolute atomic E-state index is 0.0697. The summed E-state index contributed by atoms with van der Waals surface area (Å²) in [5.41, 5.74) is 10.1. The standard InChI is InChI=1S/C24H24N4O4/c1-30-16-10-8-15(9-11-16)13-28-22(25)20(24(29)32-14-17-5-4-12-31-17)21-23(28)27-19-7-3-2-6-18(19)26-21/h2-3,6-11,17H,4-5,12-14,25H2,1H3/t17-/m0/s1. The van der Waals surface area contributed by atoms with Crippen LogP contribution in [0.3, 0.4) is 0 Å². The van der Waals surface area contributed by atoms with Gasteiger partial charge < -0.3 is 24.5 Å². The lowest BCUT2D eigenvalue weighted by Gasteiger charge is -2.11. The normalized spacial score (nSPS) is 16.0. The predicted octanol–water partition coefficient (Wildman–Crippen LogP) is 3.56. The number of esters is 1. The first kappa shape index (κ1) is 20.3. The van der Waals surface area contributed by atoms with Gasteiger partial charge in [0.25, 0.3) is 0 Å². The number of nitrogens with zero attached hydrogens (tertiary/aromatic N) is 3. The van der Waals surface area contributed by atoms with Crippen LogP contribution in [0.15, 0.2) is 48.5 Å². The summed E-state index contributed by atoms with van der Waals surface area (Å²) in [5.74, 6) is 0.535. The number of methoxy groups -OCH3 is 1. The molecule has 1 aliphatic heterocycles. The van der Waals surface area contributed by atoms with Crippen LogP contribution in [0.4, 0.5) is 5.82 Å². The van der Waals surface area contributed by atoms with E-state index in [0.717, 1.165) is 29.7 Å². The maximum Gasteiger partial charge on any atom is 0.344 e. The van der Waals surface area contributed by atoms with E-state index in [9.17, 15) is 4.79 Å². The largest absolute Gasteiger partial charge is 0.497 e. The molecule has 0 unspecified atom stereocenters. The fraction of sp³-hybridized carbons (Fsp3) is 0.292. The highest BCUT2D eigenvalue weighted by Gasteiger charge is 2.26. The number of nitrogen functional groups attached to an aromatic ring is 1. The molecule has 8 heteroatoms. The molecule has 0 aliphatic carbocycles. The summed E-state index contributed by atoms with van der Waals surface area (Å²) < 4.78 is 18.2. The van der Waals surface area contributed by atoms with E-state index in [4.69, 9.17) is 29.9 Å². The molecule has 5 rings (SSSR count). The van der Waals surface area contributed by atoms with E-state index in [1.54, 1.807) is 11.7 Å². The summed E-state index contributed by atoms with van der Waals surface area (Å²) in [4.78, 5) is 22.6. The highest BCUT2D eigenvalue weighted by atomic mass is 16.6. The number of benzene rings is 2. The second-order valence-corrected chi connectivity index (χ2v) is 7.81. The zero-order chi connectivity index (χ0) is 22.1. The highest BCUT2D eigenvalue weighted by Crippen LogP contribution is 2.30. The van der Waals surface area contributed by atoms with Gasteiger partial charge in [-0.1, -0.05) is 24.3 Å². The number of ether oxygens (including phenoxy) is 3. The van der Waals surface area contributed by atoms with Crippen LogP contribution in [0.5, 0.6) is 5.75 Å². The topological polar surface area (TPSA) is 101 Å². The van der Waals surface area contributed by atoms with Gasteiger partial charge in [-0.3, -0.25) is 0 Å². The van der Waals surface area contributed by atoms with E-state index >= 15 is 0 Å². The Bertz CT molecular complexity index is 1280. The first-order valence-corrected chi connectivity index (χ1v) is 10.6. The summed E-state index contributed by atoms with van der Waals surface area (Å²) in [6, 6.07) is 15.2. The van der Waals surface area contributed by atoms with Crippen molar-refractivity contribution in [2.45, 2.75) is 25.5 Å². The average molecular weight is 432 g/mol. The Morgan fingerprint density at radius 3 is 2.59 bits per heavy atom. The van der Waals surface area contributed by atoms with Gasteiger partial charge in [-0.2, -0.15) is 0 Å². The molecule has 2 aromatic heterocycles. The van der Waals surface area contributed by atoms with Gasteiger partial charge in [-0.15, -0.1) is 0 Å². The van der Waals surface area contributed by atoms with E-state index < -0.39 is 5.97 Å². The van der Waals surface area contributed by atoms with Crippen molar-refractivity contribution in [3.05, 3.63) is 59.7 Å². The number of rotatable bonds is 6. The Labute approximate surface area is 184 Å². The van der Waals surface area contributed by atoms with Crippen LogP contribution in [-0.4, -0.2) is 46.9 Å². The summed E-state index contributed by atoms with van der Waals surface area (Å²) in [5, 5.41) is 0. The zero-order valence-corrected chi connectivity index (χ0v) is 17.8. The van der Waals surface area contributed by atoms with Gasteiger partial charge in [0.1, 0.15) is 29.3 Å². The van der Waals surface area contributed by atoms with Crippen LogP contribution >= 0.6 is 0 Å². The maximum absolute atomic E-state index is 13.1. The van der Waals surface area contributed by atoms with Crippen molar-refractivity contribution in [1.82, 2.24) is 14.5 Å². The molecule has 0 bridgehead atoms. The van der Waals surface area contributed by atoms with Crippen LogP contribution in [0.1, 0.15) is 28.8 Å². The molecule has 0 spiro atoms. The maximum atomic E-state index is 13.1. The number of nitrogens with two attached hydrogens (primary N) is 1. The van der Waals surface area contributed by atoms with Crippen LogP contribution < -0.4 is 10.5 Å². The summed E-state index contributed by atoms with van der Waals surface area (Å²) in [6.07, 6.45) is 1.79. The fourth-order valence-corrected chi connectivity index (χ4v) is 4.01. The quantitative estimate of drug-likeness (QED) is 0.465. The molecule has 8 nitrogen and oxygen atoms in total. The third kappa shape index (κ3) is 3.73. The lowest BCUT2D eigenvalue weighted by atomic mass is 10.2. The Morgan fingerprint density at radius 2 is 1.91 bits per heavy atom. The molecule has 0 amide bonds. The van der Waals surface area contributed by atoms with Gasteiger partial charge in [0, 0.05) is 6.61 Å². The molecule has 164 valence electrons. The molecule has 2 aromatic carbocycles. The first-order valence-electron chi connectivity index (χ1n) is 10.6. The third-order valence-corrected chi connectivity index (χ3v) is 5.72. The molecule has 0 saturated carbocycles. The summed E-state index contributed by atoms with van der Waals surface area (Å²) in [7, 11) is 1.63. The van der Waals surface area contributed by atoms with Crippen LogP contribution in [0.25, 0.3) is 22.2 Å². The number of hydrogen-bond acceptors (Lipinski definition) is 7. The van der Waals surface area contributed by atoms with E-state index in [-0.39, 0.29) is 24.1 Å². The van der Waals surface area contributed by atoms with Crippen LogP contribution in [0, 0.1) is 0 Å². The molecule has 32 heavy (non-hydrogen) atoms. The van der Waals surface area contributed by atoms with E-state index in [2.05, 4.69) is 0 Å². The van der Waals surface area contributed by atoms with Crippen LogP contribution in [-0.2, 0) is 16.0 Å². The van der Waals surface area contributed by atoms with Crippen molar-refractivity contribution < 1.29 is 19.0 Å². The molecule has 1 saturated heterocycles. The van der Waals surface area contributed by atoms with E-state index in [0.29, 0.717) is 29.8 Å². The minimum Gasteiger partial charge on any atom is -0.497 e. The van der Waals surface area contributed by atoms with Gasteiger partial charge >= 0.3 is 5.97 Å². The van der Waals surface area contributed by atoms with Gasteiger partial charge in [0.15, 0.2) is 5.65 Å². The SMILES string of the molecule is COc1ccc(Cn2c(N)c(C(=O)OC[C@@H]3CCCO3)c3nc4ccccc4nc32)cc1. The lowest BCUT2D eigenvalue weighted by Crippen LogP contribution is -2.18. The van der Waals surface area contributed by atoms with Crippen molar-refractivity contribution in [1.29, 1.82) is 0 Å². The minimum atomic E-state index is -0.513. The lowest BCUT2D eigenvalue weighted by molar-refractivity contribution is 0.0163. The molecule has 1 atom stereocenters.